The molecule has 0 radical (unpaired) electrons. The van der Waals surface area contributed by atoms with Crippen molar-refractivity contribution >= 4 is 10.2 Å². The fraction of sp³-hybridized carbons (Fsp3) is 0.600. The van der Waals surface area contributed by atoms with Crippen LogP contribution in [0.15, 0.2) is 24.3 Å². The topological polar surface area (TPSA) is 40.6 Å². The van der Waals surface area contributed by atoms with Crippen LogP contribution in [0, 0.1) is 6.92 Å². The highest BCUT2D eigenvalue weighted by Crippen LogP contribution is 2.35. The summed E-state index contributed by atoms with van der Waals surface area (Å²) in [5, 5.41) is 0. The number of nitrogens with zero attached hydrogens (tertiary/aromatic N) is 2. The molecule has 0 bridgehead atoms. The first kappa shape index (κ1) is 15.5. The molecule has 1 unspecified atom stereocenters. The number of hydrogen-bond acceptors (Lipinski definition) is 2. The third-order valence-corrected chi connectivity index (χ3v) is 6.16. The van der Waals surface area contributed by atoms with Crippen LogP contribution in [-0.2, 0) is 10.2 Å². The van der Waals surface area contributed by atoms with Gasteiger partial charge < -0.3 is 0 Å². The largest absolute Gasteiger partial charge is 0.282 e. The zero-order valence-electron chi connectivity index (χ0n) is 12.5. The lowest BCUT2D eigenvalue weighted by Gasteiger charge is -2.30. The van der Waals surface area contributed by atoms with Crippen LogP contribution in [0.1, 0.15) is 43.9 Å². The average molecular weight is 296 g/mol. The molecule has 0 saturated carbocycles. The quantitative estimate of drug-likeness (QED) is 0.838. The van der Waals surface area contributed by atoms with Crippen LogP contribution >= 0.6 is 0 Å². The van der Waals surface area contributed by atoms with Crippen LogP contribution in [0.3, 0.4) is 0 Å². The number of benzene rings is 1. The molecule has 1 heterocycles. The third-order valence-electron chi connectivity index (χ3n) is 3.96. The maximum atomic E-state index is 12.7. The van der Waals surface area contributed by atoms with Crippen LogP contribution in [-0.4, -0.2) is 36.7 Å². The highest BCUT2D eigenvalue weighted by molar-refractivity contribution is 7.86. The molecule has 1 aromatic rings. The van der Waals surface area contributed by atoms with Crippen molar-refractivity contribution in [3.05, 3.63) is 35.4 Å². The molecule has 0 amide bonds. The van der Waals surface area contributed by atoms with Gasteiger partial charge in [0.05, 0.1) is 6.04 Å². The summed E-state index contributed by atoms with van der Waals surface area (Å²) >= 11 is 0. The smallest absolute Gasteiger partial charge is 0.195 e. The summed E-state index contributed by atoms with van der Waals surface area (Å²) in [6.45, 7) is 7.49. The Kier molecular flexibility index (Phi) is 4.83. The van der Waals surface area contributed by atoms with E-state index < -0.39 is 10.2 Å². The number of rotatable bonds is 5. The minimum Gasteiger partial charge on any atom is -0.195 e. The van der Waals surface area contributed by atoms with Gasteiger partial charge in [0, 0.05) is 19.6 Å². The number of aryl methyl sites for hydroxylation is 1. The Morgan fingerprint density at radius 2 is 2.00 bits per heavy atom. The van der Waals surface area contributed by atoms with Crippen LogP contribution in [0.25, 0.3) is 0 Å². The molecule has 112 valence electrons. The summed E-state index contributed by atoms with van der Waals surface area (Å²) in [5.41, 5.74) is 2.29. The first-order valence-electron chi connectivity index (χ1n) is 7.34. The zero-order valence-corrected chi connectivity index (χ0v) is 13.4. The maximum absolute atomic E-state index is 12.7. The second-order valence-corrected chi connectivity index (χ2v) is 7.16. The second-order valence-electron chi connectivity index (χ2n) is 5.27. The van der Waals surface area contributed by atoms with Gasteiger partial charge in [0.1, 0.15) is 0 Å². The Labute approximate surface area is 122 Å². The molecule has 0 aliphatic carbocycles. The Morgan fingerprint density at radius 1 is 1.30 bits per heavy atom. The molecular formula is C15H24N2O2S. The molecule has 5 heteroatoms. The molecular weight excluding hydrogens is 272 g/mol. The minimum absolute atomic E-state index is 0.0134. The van der Waals surface area contributed by atoms with E-state index in [1.54, 1.807) is 8.61 Å². The SMILES string of the molecule is CCN(CC)S(=O)(=O)N1CCCC1c1cccc(C)c1. The maximum Gasteiger partial charge on any atom is 0.282 e. The highest BCUT2D eigenvalue weighted by Gasteiger charge is 2.37. The fourth-order valence-corrected chi connectivity index (χ4v) is 4.78. The molecule has 1 aliphatic heterocycles. The van der Waals surface area contributed by atoms with Crippen molar-refractivity contribution in [2.24, 2.45) is 0 Å². The molecule has 1 atom stereocenters. The first-order chi connectivity index (χ1) is 9.50. The second kappa shape index (κ2) is 6.24. The van der Waals surface area contributed by atoms with Crippen molar-refractivity contribution in [1.29, 1.82) is 0 Å². The monoisotopic (exact) mass is 296 g/mol. The van der Waals surface area contributed by atoms with E-state index in [2.05, 4.69) is 6.07 Å². The summed E-state index contributed by atoms with van der Waals surface area (Å²) in [6.07, 6.45) is 1.84. The van der Waals surface area contributed by atoms with E-state index in [-0.39, 0.29) is 6.04 Å². The van der Waals surface area contributed by atoms with Crippen molar-refractivity contribution in [2.75, 3.05) is 19.6 Å². The highest BCUT2D eigenvalue weighted by atomic mass is 32.2. The van der Waals surface area contributed by atoms with E-state index in [9.17, 15) is 8.42 Å². The summed E-state index contributed by atoms with van der Waals surface area (Å²) in [5.74, 6) is 0. The molecule has 1 aliphatic rings. The van der Waals surface area contributed by atoms with Gasteiger partial charge in [-0.2, -0.15) is 17.0 Å². The van der Waals surface area contributed by atoms with Crippen LogP contribution < -0.4 is 0 Å². The fourth-order valence-electron chi connectivity index (χ4n) is 2.92. The van der Waals surface area contributed by atoms with E-state index in [1.165, 1.54) is 5.56 Å². The van der Waals surface area contributed by atoms with Crippen molar-refractivity contribution in [1.82, 2.24) is 8.61 Å². The van der Waals surface area contributed by atoms with Crippen LogP contribution in [0.4, 0.5) is 0 Å². The molecule has 1 saturated heterocycles. The van der Waals surface area contributed by atoms with Crippen molar-refractivity contribution < 1.29 is 8.42 Å². The van der Waals surface area contributed by atoms with Crippen molar-refractivity contribution in [3.63, 3.8) is 0 Å². The Balaban J connectivity index is 2.32. The van der Waals surface area contributed by atoms with Crippen molar-refractivity contribution in [2.45, 2.75) is 39.7 Å². The predicted molar refractivity (Wildman–Crippen MR) is 81.7 cm³/mol. The molecule has 0 N–H and O–H groups in total. The summed E-state index contributed by atoms with van der Waals surface area (Å²) in [7, 11) is -3.34. The predicted octanol–water partition coefficient (Wildman–Crippen LogP) is 2.72. The van der Waals surface area contributed by atoms with Gasteiger partial charge in [-0.05, 0) is 25.3 Å². The zero-order chi connectivity index (χ0) is 14.8. The van der Waals surface area contributed by atoms with Gasteiger partial charge in [0.15, 0.2) is 0 Å². The van der Waals surface area contributed by atoms with Crippen molar-refractivity contribution in [3.8, 4) is 0 Å². The van der Waals surface area contributed by atoms with E-state index in [4.69, 9.17) is 0 Å². The van der Waals surface area contributed by atoms with E-state index in [1.807, 2.05) is 39.0 Å². The summed E-state index contributed by atoms with van der Waals surface area (Å²) in [4.78, 5) is 0. The van der Waals surface area contributed by atoms with Gasteiger partial charge >= 0.3 is 0 Å². The lowest BCUT2D eigenvalue weighted by Crippen LogP contribution is -2.43. The van der Waals surface area contributed by atoms with Gasteiger partial charge in [-0.3, -0.25) is 0 Å². The Morgan fingerprint density at radius 3 is 2.60 bits per heavy atom. The van der Waals surface area contributed by atoms with E-state index in [0.717, 1.165) is 18.4 Å². The molecule has 1 fully saturated rings. The summed E-state index contributed by atoms with van der Waals surface area (Å²) < 4.78 is 28.6. The molecule has 1 aromatic carbocycles. The molecule has 20 heavy (non-hydrogen) atoms. The van der Waals surface area contributed by atoms with Gasteiger partial charge in [0.25, 0.3) is 10.2 Å². The standard InChI is InChI=1S/C15H24N2O2S/c1-4-16(5-2)20(18,19)17-11-7-10-15(17)14-9-6-8-13(3)12-14/h6,8-9,12,15H,4-5,7,10-11H2,1-3H3. The number of hydrogen-bond donors (Lipinski definition) is 0. The van der Waals surface area contributed by atoms with Gasteiger partial charge in [-0.15, -0.1) is 0 Å². The Hall–Kier alpha value is -0.910. The van der Waals surface area contributed by atoms with Crippen LogP contribution in [0.2, 0.25) is 0 Å². The normalized spacial score (nSPS) is 20.7. The van der Waals surface area contributed by atoms with Crippen LogP contribution in [0.5, 0.6) is 0 Å². The summed E-state index contributed by atoms with van der Waals surface area (Å²) in [6, 6.07) is 8.17. The van der Waals surface area contributed by atoms with Gasteiger partial charge in [-0.1, -0.05) is 43.7 Å². The Bertz CT molecular complexity index is 553. The molecule has 0 aromatic heterocycles. The average Bonchev–Trinajstić information content (AvgIpc) is 2.89. The van der Waals surface area contributed by atoms with E-state index in [0.29, 0.717) is 19.6 Å². The van der Waals surface area contributed by atoms with Gasteiger partial charge in [-0.25, -0.2) is 0 Å². The minimum atomic E-state index is -3.34. The lowest BCUT2D eigenvalue weighted by atomic mass is 10.0. The molecule has 4 nitrogen and oxygen atoms in total. The van der Waals surface area contributed by atoms with Gasteiger partial charge in [0.2, 0.25) is 0 Å². The molecule has 2 rings (SSSR count). The third kappa shape index (κ3) is 2.90. The first-order valence-corrected chi connectivity index (χ1v) is 8.73. The molecule has 0 spiro atoms. The van der Waals surface area contributed by atoms with E-state index >= 15 is 0 Å². The lowest BCUT2D eigenvalue weighted by molar-refractivity contribution is 0.338.